The Morgan fingerprint density at radius 1 is 1.03 bits per heavy atom. The van der Waals surface area contributed by atoms with E-state index in [0.717, 1.165) is 42.1 Å². The molecule has 1 saturated heterocycles. The number of amides is 1. The molecule has 0 aliphatic carbocycles. The van der Waals surface area contributed by atoms with Crippen LogP contribution in [0.3, 0.4) is 0 Å². The average molecular weight is 407 g/mol. The highest BCUT2D eigenvalue weighted by atomic mass is 35.5. The lowest BCUT2D eigenvalue weighted by Crippen LogP contribution is -2.41. The highest BCUT2D eigenvalue weighted by Crippen LogP contribution is 2.25. The van der Waals surface area contributed by atoms with Gasteiger partial charge in [-0.25, -0.2) is 0 Å². The topological polar surface area (TPSA) is 58.1 Å². The number of carbonyl (C=O) groups excluding carboxylic acids is 1. The van der Waals surface area contributed by atoms with E-state index in [2.05, 4.69) is 51.6 Å². The van der Waals surface area contributed by atoms with Crippen molar-refractivity contribution < 1.29 is 4.79 Å². The number of nitrogens with zero attached hydrogens (tertiary/aromatic N) is 3. The number of benzene rings is 2. The molecule has 1 N–H and O–H groups in total. The molecule has 4 rings (SSSR count). The number of hydrogen-bond acceptors (Lipinski definition) is 4. The summed E-state index contributed by atoms with van der Waals surface area (Å²) in [7, 11) is 0. The van der Waals surface area contributed by atoms with Gasteiger partial charge in [0.15, 0.2) is 5.82 Å². The smallest absolute Gasteiger partial charge is 0.229 e. The summed E-state index contributed by atoms with van der Waals surface area (Å²) in [4.78, 5) is 14.8. The van der Waals surface area contributed by atoms with E-state index >= 15 is 0 Å². The molecular weight excluding hydrogens is 384 g/mol. The number of carbonyl (C=O) groups is 1. The zero-order chi connectivity index (χ0) is 20.2. The number of halogens is 1. The highest BCUT2D eigenvalue weighted by molar-refractivity contribution is 6.30. The quantitative estimate of drug-likeness (QED) is 0.665. The van der Waals surface area contributed by atoms with Gasteiger partial charge in [0.1, 0.15) is 0 Å². The second-order valence-electron chi connectivity index (χ2n) is 7.42. The number of rotatable bonds is 4. The Hall–Kier alpha value is -2.92. The molecule has 1 aromatic heterocycles. The molecule has 148 valence electrons. The first-order valence-electron chi connectivity index (χ1n) is 9.80. The van der Waals surface area contributed by atoms with Crippen molar-refractivity contribution in [2.24, 2.45) is 5.92 Å². The molecule has 2 aromatic carbocycles. The first kappa shape index (κ1) is 19.4. The molecule has 1 atom stereocenters. The average Bonchev–Trinajstić information content (AvgIpc) is 2.76. The van der Waals surface area contributed by atoms with Crippen molar-refractivity contribution in [3.05, 3.63) is 71.2 Å². The van der Waals surface area contributed by atoms with E-state index in [9.17, 15) is 4.79 Å². The number of piperidine rings is 1. The van der Waals surface area contributed by atoms with Gasteiger partial charge in [0, 0.05) is 29.4 Å². The third-order valence-corrected chi connectivity index (χ3v) is 5.48. The van der Waals surface area contributed by atoms with Crippen LogP contribution in [0.15, 0.2) is 60.7 Å². The zero-order valence-corrected chi connectivity index (χ0v) is 17.1. The molecule has 0 unspecified atom stereocenters. The summed E-state index contributed by atoms with van der Waals surface area (Å²) in [6, 6.07) is 19.4. The van der Waals surface area contributed by atoms with E-state index in [1.807, 2.05) is 24.3 Å². The van der Waals surface area contributed by atoms with Crippen LogP contribution in [-0.4, -0.2) is 29.2 Å². The van der Waals surface area contributed by atoms with Crippen LogP contribution in [0.4, 0.5) is 11.5 Å². The van der Waals surface area contributed by atoms with Gasteiger partial charge in [0.05, 0.1) is 11.6 Å². The summed E-state index contributed by atoms with van der Waals surface area (Å²) < 4.78 is 0. The van der Waals surface area contributed by atoms with Crippen LogP contribution in [0.1, 0.15) is 18.4 Å². The minimum atomic E-state index is -0.0852. The summed E-state index contributed by atoms with van der Waals surface area (Å²) in [5, 5.41) is 12.5. The van der Waals surface area contributed by atoms with Crippen molar-refractivity contribution in [1.82, 2.24) is 10.2 Å². The van der Waals surface area contributed by atoms with Crippen LogP contribution in [-0.2, 0) is 4.79 Å². The van der Waals surface area contributed by atoms with Gasteiger partial charge in [-0.05, 0) is 56.2 Å². The molecule has 1 amide bonds. The molecule has 1 fully saturated rings. The monoisotopic (exact) mass is 406 g/mol. The van der Waals surface area contributed by atoms with Crippen LogP contribution in [0.25, 0.3) is 11.3 Å². The van der Waals surface area contributed by atoms with Crippen LogP contribution in [0, 0.1) is 12.8 Å². The van der Waals surface area contributed by atoms with E-state index in [1.54, 1.807) is 12.1 Å². The van der Waals surface area contributed by atoms with Gasteiger partial charge >= 0.3 is 0 Å². The van der Waals surface area contributed by atoms with Crippen LogP contribution in [0.5, 0.6) is 0 Å². The van der Waals surface area contributed by atoms with Gasteiger partial charge in [-0.1, -0.05) is 41.4 Å². The van der Waals surface area contributed by atoms with Gasteiger partial charge < -0.3 is 10.2 Å². The van der Waals surface area contributed by atoms with Gasteiger partial charge in [0.25, 0.3) is 0 Å². The molecule has 29 heavy (non-hydrogen) atoms. The van der Waals surface area contributed by atoms with Gasteiger partial charge in [0.2, 0.25) is 5.91 Å². The second kappa shape index (κ2) is 8.62. The number of aromatic nitrogens is 2. The van der Waals surface area contributed by atoms with Crippen molar-refractivity contribution in [1.29, 1.82) is 0 Å². The second-order valence-corrected chi connectivity index (χ2v) is 7.86. The zero-order valence-electron chi connectivity index (χ0n) is 16.3. The third kappa shape index (κ3) is 4.74. The molecule has 1 aliphatic heterocycles. The summed E-state index contributed by atoms with van der Waals surface area (Å²) in [5.74, 6) is 0.754. The Morgan fingerprint density at radius 2 is 1.79 bits per heavy atom. The molecule has 2 heterocycles. The molecule has 6 heteroatoms. The SMILES string of the molecule is Cc1ccc(-c2ccc(N3CCC[C@H](C(=O)Nc4ccc(Cl)cc4)C3)nn2)cc1. The van der Waals surface area contributed by atoms with Crippen molar-refractivity contribution in [2.45, 2.75) is 19.8 Å². The standard InChI is InChI=1S/C23H23ClN4O/c1-16-4-6-17(7-5-16)21-12-13-22(27-26-21)28-14-2-3-18(15-28)23(29)25-20-10-8-19(24)9-11-20/h4-13,18H,2-3,14-15H2,1H3,(H,25,29)/t18-/m0/s1. The van der Waals surface area contributed by atoms with Gasteiger partial charge in [-0.3, -0.25) is 4.79 Å². The van der Waals surface area contributed by atoms with Crippen LogP contribution < -0.4 is 10.2 Å². The maximum absolute atomic E-state index is 12.7. The molecule has 0 bridgehead atoms. The van der Waals surface area contributed by atoms with Gasteiger partial charge in [-0.2, -0.15) is 0 Å². The minimum absolute atomic E-state index is 0.0289. The molecule has 5 nitrogen and oxygen atoms in total. The summed E-state index contributed by atoms with van der Waals surface area (Å²) in [6.07, 6.45) is 1.81. The van der Waals surface area contributed by atoms with E-state index in [-0.39, 0.29) is 11.8 Å². The lowest BCUT2D eigenvalue weighted by Gasteiger charge is -2.32. The Bertz CT molecular complexity index is 971. The van der Waals surface area contributed by atoms with Crippen LogP contribution >= 0.6 is 11.6 Å². The lowest BCUT2D eigenvalue weighted by atomic mass is 9.97. The van der Waals surface area contributed by atoms with E-state index in [1.165, 1.54) is 5.56 Å². The third-order valence-electron chi connectivity index (χ3n) is 5.23. The molecular formula is C23H23ClN4O. The first-order valence-corrected chi connectivity index (χ1v) is 10.2. The molecule has 0 saturated carbocycles. The Labute approximate surface area is 175 Å². The summed E-state index contributed by atoms with van der Waals surface area (Å²) in [5.41, 5.74) is 3.88. The van der Waals surface area contributed by atoms with E-state index in [4.69, 9.17) is 11.6 Å². The Balaban J connectivity index is 1.41. The fourth-order valence-corrected chi connectivity index (χ4v) is 3.67. The maximum atomic E-state index is 12.7. The molecule has 0 radical (unpaired) electrons. The fraction of sp³-hybridized carbons (Fsp3) is 0.261. The number of nitrogens with one attached hydrogen (secondary N) is 1. The normalized spacial score (nSPS) is 16.5. The van der Waals surface area contributed by atoms with Crippen molar-refractivity contribution >= 4 is 29.0 Å². The van der Waals surface area contributed by atoms with Gasteiger partial charge in [-0.15, -0.1) is 10.2 Å². The van der Waals surface area contributed by atoms with Crippen molar-refractivity contribution in [3.63, 3.8) is 0 Å². The van der Waals surface area contributed by atoms with E-state index < -0.39 is 0 Å². The number of aryl methyl sites for hydroxylation is 1. The predicted octanol–water partition coefficient (Wildman–Crippen LogP) is 4.96. The van der Waals surface area contributed by atoms with Crippen molar-refractivity contribution in [2.75, 3.05) is 23.3 Å². The summed E-state index contributed by atoms with van der Waals surface area (Å²) >= 11 is 5.91. The molecule has 1 aliphatic rings. The maximum Gasteiger partial charge on any atom is 0.229 e. The fourth-order valence-electron chi connectivity index (χ4n) is 3.55. The molecule has 0 spiro atoms. The highest BCUT2D eigenvalue weighted by Gasteiger charge is 2.26. The number of hydrogen-bond donors (Lipinski definition) is 1. The van der Waals surface area contributed by atoms with Crippen molar-refractivity contribution in [3.8, 4) is 11.3 Å². The first-order chi connectivity index (χ1) is 14.1. The predicted molar refractivity (Wildman–Crippen MR) is 117 cm³/mol. The largest absolute Gasteiger partial charge is 0.354 e. The number of anilines is 2. The minimum Gasteiger partial charge on any atom is -0.354 e. The molecule has 3 aromatic rings. The Kier molecular flexibility index (Phi) is 5.76. The summed E-state index contributed by atoms with van der Waals surface area (Å²) in [6.45, 7) is 3.58. The van der Waals surface area contributed by atoms with E-state index in [0.29, 0.717) is 11.6 Å². The Morgan fingerprint density at radius 3 is 2.48 bits per heavy atom. The lowest BCUT2D eigenvalue weighted by molar-refractivity contribution is -0.120. The van der Waals surface area contributed by atoms with Crippen LogP contribution in [0.2, 0.25) is 5.02 Å².